The van der Waals surface area contributed by atoms with Crippen LogP contribution >= 0.6 is 11.3 Å². The Balaban J connectivity index is 1.54. The second kappa shape index (κ2) is 6.84. The Labute approximate surface area is 178 Å². The first-order chi connectivity index (χ1) is 14.9. The number of aryl methyl sites for hydroxylation is 3. The number of thiophene rings is 1. The van der Waals surface area contributed by atoms with Gasteiger partial charge in [0.05, 0.1) is 22.6 Å². The minimum atomic E-state index is -0.576. The molecule has 0 atom stereocenters. The van der Waals surface area contributed by atoms with Crippen LogP contribution in [0.5, 0.6) is 0 Å². The van der Waals surface area contributed by atoms with Gasteiger partial charge in [-0.05, 0) is 24.6 Å². The van der Waals surface area contributed by atoms with Crippen molar-refractivity contribution >= 4 is 44.2 Å². The summed E-state index contributed by atoms with van der Waals surface area (Å²) in [5, 5.41) is 9.12. The minimum absolute atomic E-state index is 0.151. The maximum absolute atomic E-state index is 12.8. The van der Waals surface area contributed by atoms with Gasteiger partial charge in [0.15, 0.2) is 12.4 Å². The van der Waals surface area contributed by atoms with E-state index < -0.39 is 5.97 Å². The quantitative estimate of drug-likeness (QED) is 0.394. The van der Waals surface area contributed by atoms with Crippen molar-refractivity contribution < 1.29 is 9.53 Å². The first-order valence-corrected chi connectivity index (χ1v) is 10.1. The van der Waals surface area contributed by atoms with Crippen LogP contribution in [0.1, 0.15) is 21.1 Å². The number of carbonyl (C=O) groups is 1. The third-order valence-electron chi connectivity index (χ3n) is 5.22. The van der Waals surface area contributed by atoms with Gasteiger partial charge in [0.1, 0.15) is 9.71 Å². The average Bonchev–Trinajstić information content (AvgIpc) is 3.35. The molecule has 5 rings (SSSR count). The molecule has 10 nitrogen and oxygen atoms in total. The Morgan fingerprint density at radius 2 is 1.90 bits per heavy atom. The van der Waals surface area contributed by atoms with Gasteiger partial charge in [-0.1, -0.05) is 12.1 Å². The van der Waals surface area contributed by atoms with E-state index in [0.717, 1.165) is 11.3 Å². The smallest absolute Gasteiger partial charge is 0.349 e. The van der Waals surface area contributed by atoms with Gasteiger partial charge in [0.2, 0.25) is 5.78 Å². The Bertz CT molecular complexity index is 1640. The highest BCUT2D eigenvalue weighted by atomic mass is 32.1. The standard InChI is InChI=1S/C20H16N6O4S/c1-10-14-16(21-9-24(2)18(14)28)31-15(10)19(29)30-8-13-22-23-20-25(3)17(27)11-6-4-5-7-12(11)26(13)20/h4-7,9H,8H2,1-3H3. The van der Waals surface area contributed by atoms with E-state index in [9.17, 15) is 14.4 Å². The summed E-state index contributed by atoms with van der Waals surface area (Å²) in [4.78, 5) is 42.7. The Morgan fingerprint density at radius 3 is 2.71 bits per heavy atom. The maximum atomic E-state index is 12.8. The number of fused-ring (bicyclic) bond motifs is 4. The Morgan fingerprint density at radius 1 is 1.13 bits per heavy atom. The summed E-state index contributed by atoms with van der Waals surface area (Å²) in [6.07, 6.45) is 1.42. The number of esters is 1. The monoisotopic (exact) mass is 436 g/mol. The van der Waals surface area contributed by atoms with Crippen LogP contribution in [-0.2, 0) is 25.4 Å². The zero-order chi connectivity index (χ0) is 21.9. The largest absolute Gasteiger partial charge is 0.453 e. The number of rotatable bonds is 3. The zero-order valence-electron chi connectivity index (χ0n) is 16.8. The molecule has 0 bridgehead atoms. The van der Waals surface area contributed by atoms with Crippen molar-refractivity contribution in [2.75, 3.05) is 0 Å². The number of para-hydroxylation sites is 1. The summed E-state index contributed by atoms with van der Waals surface area (Å²) in [6, 6.07) is 7.10. The van der Waals surface area contributed by atoms with Gasteiger partial charge in [-0.2, -0.15) is 0 Å². The third kappa shape index (κ3) is 2.77. The van der Waals surface area contributed by atoms with Crippen LogP contribution in [0.3, 0.4) is 0 Å². The molecule has 0 radical (unpaired) electrons. The van der Waals surface area contributed by atoms with Crippen molar-refractivity contribution in [2.45, 2.75) is 13.5 Å². The van der Waals surface area contributed by atoms with Crippen LogP contribution in [0.15, 0.2) is 40.2 Å². The summed E-state index contributed by atoms with van der Waals surface area (Å²) in [7, 11) is 3.22. The van der Waals surface area contributed by atoms with E-state index in [2.05, 4.69) is 15.2 Å². The van der Waals surface area contributed by atoms with E-state index in [4.69, 9.17) is 4.74 Å². The van der Waals surface area contributed by atoms with Gasteiger partial charge in [-0.3, -0.25) is 18.6 Å². The van der Waals surface area contributed by atoms with Crippen LogP contribution in [0, 0.1) is 6.92 Å². The molecule has 0 saturated heterocycles. The molecule has 31 heavy (non-hydrogen) atoms. The van der Waals surface area contributed by atoms with E-state index >= 15 is 0 Å². The number of nitrogens with zero attached hydrogens (tertiary/aromatic N) is 6. The highest BCUT2D eigenvalue weighted by Crippen LogP contribution is 2.27. The second-order valence-electron chi connectivity index (χ2n) is 7.11. The van der Waals surface area contributed by atoms with Gasteiger partial charge < -0.3 is 9.30 Å². The topological polar surface area (TPSA) is 113 Å². The van der Waals surface area contributed by atoms with E-state index in [1.807, 2.05) is 6.07 Å². The highest BCUT2D eigenvalue weighted by Gasteiger charge is 2.22. The molecule has 11 heteroatoms. The van der Waals surface area contributed by atoms with Gasteiger partial charge in [0, 0.05) is 14.1 Å². The average molecular weight is 436 g/mol. The van der Waals surface area contributed by atoms with Crippen molar-refractivity contribution in [3.05, 3.63) is 67.6 Å². The second-order valence-corrected chi connectivity index (χ2v) is 8.11. The summed E-state index contributed by atoms with van der Waals surface area (Å²) >= 11 is 1.12. The van der Waals surface area contributed by atoms with E-state index in [1.165, 1.54) is 15.5 Å². The van der Waals surface area contributed by atoms with Crippen molar-refractivity contribution in [2.24, 2.45) is 14.1 Å². The highest BCUT2D eigenvalue weighted by molar-refractivity contribution is 7.20. The number of hydrogen-bond acceptors (Lipinski definition) is 8. The van der Waals surface area contributed by atoms with Crippen molar-refractivity contribution in [3.8, 4) is 0 Å². The summed E-state index contributed by atoms with van der Waals surface area (Å²) in [5.41, 5.74) is 0.766. The van der Waals surface area contributed by atoms with Crippen molar-refractivity contribution in [1.82, 2.24) is 28.7 Å². The van der Waals surface area contributed by atoms with E-state index in [1.54, 1.807) is 43.6 Å². The third-order valence-corrected chi connectivity index (χ3v) is 6.40. The molecule has 0 aliphatic heterocycles. The molecule has 0 aliphatic rings. The van der Waals surface area contributed by atoms with Gasteiger partial charge in [0.25, 0.3) is 11.1 Å². The molecular formula is C20H16N6O4S. The van der Waals surface area contributed by atoms with Crippen LogP contribution in [0.2, 0.25) is 0 Å². The molecule has 0 unspecified atom stereocenters. The van der Waals surface area contributed by atoms with Crippen molar-refractivity contribution in [1.29, 1.82) is 0 Å². The minimum Gasteiger partial charge on any atom is -0.453 e. The zero-order valence-corrected chi connectivity index (χ0v) is 17.6. The lowest BCUT2D eigenvalue weighted by Gasteiger charge is -2.08. The molecule has 4 heterocycles. The lowest BCUT2D eigenvalue weighted by atomic mass is 10.2. The number of benzene rings is 1. The molecule has 0 amide bonds. The predicted molar refractivity (Wildman–Crippen MR) is 114 cm³/mol. The molecule has 0 saturated carbocycles. The summed E-state index contributed by atoms with van der Waals surface area (Å²) in [6.45, 7) is 1.55. The Hall–Kier alpha value is -3.86. The van der Waals surface area contributed by atoms with E-state index in [-0.39, 0.29) is 17.7 Å². The molecule has 0 N–H and O–H groups in total. The first-order valence-electron chi connectivity index (χ1n) is 9.32. The molecule has 0 aliphatic carbocycles. The van der Waals surface area contributed by atoms with Crippen molar-refractivity contribution in [3.63, 3.8) is 0 Å². The molecule has 0 fully saturated rings. The molecule has 1 aromatic carbocycles. The molecular weight excluding hydrogens is 420 g/mol. The number of aromatic nitrogens is 6. The lowest BCUT2D eigenvalue weighted by molar-refractivity contribution is 0.0466. The van der Waals surface area contributed by atoms with Crippen LogP contribution in [0.4, 0.5) is 0 Å². The Kier molecular flexibility index (Phi) is 4.22. The summed E-state index contributed by atoms with van der Waals surface area (Å²) < 4.78 is 9.97. The maximum Gasteiger partial charge on any atom is 0.349 e. The predicted octanol–water partition coefficient (Wildman–Crippen LogP) is 1.56. The molecule has 4 aromatic heterocycles. The van der Waals surface area contributed by atoms with Crippen LogP contribution in [0.25, 0.3) is 26.9 Å². The fourth-order valence-electron chi connectivity index (χ4n) is 3.58. The van der Waals surface area contributed by atoms with Crippen LogP contribution < -0.4 is 11.1 Å². The molecule has 0 spiro atoms. The number of ether oxygens (including phenoxy) is 1. The van der Waals surface area contributed by atoms with Gasteiger partial charge >= 0.3 is 5.97 Å². The normalized spacial score (nSPS) is 11.6. The van der Waals surface area contributed by atoms with Gasteiger partial charge in [-0.15, -0.1) is 21.5 Å². The van der Waals surface area contributed by atoms with Gasteiger partial charge in [-0.25, -0.2) is 9.78 Å². The fourth-order valence-corrected chi connectivity index (χ4v) is 4.62. The summed E-state index contributed by atoms with van der Waals surface area (Å²) in [5.74, 6) is 0.150. The molecule has 5 aromatic rings. The lowest BCUT2D eigenvalue weighted by Crippen LogP contribution is -2.20. The SMILES string of the molecule is Cc1c(C(=O)OCc2nnc3n(C)c(=O)c4ccccc4n23)sc2ncn(C)c(=O)c12. The van der Waals surface area contributed by atoms with Crippen LogP contribution in [-0.4, -0.2) is 34.7 Å². The molecule has 156 valence electrons. The number of carbonyl (C=O) groups excluding carboxylic acids is 1. The number of hydrogen-bond donors (Lipinski definition) is 0. The fraction of sp³-hybridized carbons (Fsp3) is 0.200. The first kappa shape index (κ1) is 19.1. The van der Waals surface area contributed by atoms with E-state index in [0.29, 0.717) is 43.2 Å².